The van der Waals surface area contributed by atoms with Crippen molar-refractivity contribution in [1.29, 1.82) is 0 Å². The predicted octanol–water partition coefficient (Wildman–Crippen LogP) is 4.02. The van der Waals surface area contributed by atoms with Gasteiger partial charge < -0.3 is 5.32 Å². The maximum absolute atomic E-state index is 11.2. The van der Waals surface area contributed by atoms with Crippen LogP contribution in [0.15, 0.2) is 12.1 Å². The molecule has 1 N–H and O–H groups in total. The van der Waals surface area contributed by atoms with Crippen molar-refractivity contribution in [3.05, 3.63) is 27.4 Å². The second-order valence-electron chi connectivity index (χ2n) is 7.08. The Morgan fingerprint density at radius 3 is 2.29 bits per heavy atom. The molecule has 4 fully saturated rings. The molecule has 0 unspecified atom stereocenters. The van der Waals surface area contributed by atoms with Gasteiger partial charge in [-0.2, -0.15) is 0 Å². The Hall–Kier alpha value is -1.36. The highest BCUT2D eigenvalue weighted by Crippen LogP contribution is 2.56. The number of rotatable bonds is 3. The van der Waals surface area contributed by atoms with Crippen LogP contribution in [-0.2, 0) is 0 Å². The molecule has 1 aromatic heterocycles. The summed E-state index contributed by atoms with van der Waals surface area (Å²) >= 11 is 5.93. The van der Waals surface area contributed by atoms with Crippen molar-refractivity contribution in [3.63, 3.8) is 0 Å². The van der Waals surface area contributed by atoms with E-state index in [1.165, 1.54) is 31.4 Å². The van der Waals surface area contributed by atoms with Gasteiger partial charge in [-0.3, -0.25) is 10.1 Å². The van der Waals surface area contributed by atoms with E-state index in [2.05, 4.69) is 10.3 Å². The van der Waals surface area contributed by atoms with Gasteiger partial charge in [0.2, 0.25) is 5.82 Å². The first kappa shape index (κ1) is 13.3. The van der Waals surface area contributed by atoms with Gasteiger partial charge in [0.05, 0.1) is 4.92 Å². The monoisotopic (exact) mass is 307 g/mol. The van der Waals surface area contributed by atoms with Gasteiger partial charge in [0.25, 0.3) is 0 Å². The summed E-state index contributed by atoms with van der Waals surface area (Å²) < 4.78 is 0. The fourth-order valence-electron chi connectivity index (χ4n) is 5.18. The highest BCUT2D eigenvalue weighted by molar-refractivity contribution is 6.29. The van der Waals surface area contributed by atoms with E-state index in [0.717, 1.165) is 37.0 Å². The van der Waals surface area contributed by atoms with E-state index in [-0.39, 0.29) is 16.1 Å². The molecule has 6 heteroatoms. The second-order valence-corrected chi connectivity index (χ2v) is 7.47. The third-order valence-electron chi connectivity index (χ3n) is 5.46. The lowest BCUT2D eigenvalue weighted by atomic mass is 9.53. The first-order valence-corrected chi connectivity index (χ1v) is 8.00. The topological polar surface area (TPSA) is 68.1 Å². The molecule has 4 aliphatic carbocycles. The van der Waals surface area contributed by atoms with Crippen molar-refractivity contribution in [2.24, 2.45) is 17.8 Å². The van der Waals surface area contributed by atoms with E-state index in [9.17, 15) is 10.1 Å². The van der Waals surface area contributed by atoms with Crippen LogP contribution in [0.5, 0.6) is 0 Å². The van der Waals surface area contributed by atoms with Crippen LogP contribution in [-0.4, -0.2) is 15.4 Å². The summed E-state index contributed by atoms with van der Waals surface area (Å²) in [6.07, 6.45) is 7.36. The molecule has 0 atom stereocenters. The third kappa shape index (κ3) is 2.27. The predicted molar refractivity (Wildman–Crippen MR) is 80.4 cm³/mol. The summed E-state index contributed by atoms with van der Waals surface area (Å²) in [5, 5.41) is 14.9. The van der Waals surface area contributed by atoms with Gasteiger partial charge in [-0.1, -0.05) is 11.6 Å². The molecular formula is C15H18ClN3O2. The second kappa shape index (κ2) is 4.57. The molecule has 1 heterocycles. The number of pyridine rings is 1. The van der Waals surface area contributed by atoms with Gasteiger partial charge in [0, 0.05) is 11.6 Å². The lowest BCUT2D eigenvalue weighted by molar-refractivity contribution is -0.384. The van der Waals surface area contributed by atoms with Crippen LogP contribution in [0.2, 0.25) is 5.15 Å². The summed E-state index contributed by atoms with van der Waals surface area (Å²) in [6, 6.07) is 2.92. The lowest BCUT2D eigenvalue weighted by Crippen LogP contribution is -2.55. The van der Waals surface area contributed by atoms with Crippen molar-refractivity contribution in [2.75, 3.05) is 5.32 Å². The summed E-state index contributed by atoms with van der Waals surface area (Å²) in [7, 11) is 0. The number of nitro groups is 1. The van der Waals surface area contributed by atoms with E-state index < -0.39 is 0 Å². The van der Waals surface area contributed by atoms with Gasteiger partial charge >= 0.3 is 5.69 Å². The molecular weight excluding hydrogens is 290 g/mol. The zero-order valence-corrected chi connectivity index (χ0v) is 12.5. The van der Waals surface area contributed by atoms with Crippen LogP contribution in [0.4, 0.5) is 11.5 Å². The normalized spacial score (nSPS) is 36.7. The van der Waals surface area contributed by atoms with Crippen LogP contribution in [0.1, 0.15) is 38.5 Å². The van der Waals surface area contributed by atoms with Gasteiger partial charge in [-0.15, -0.1) is 0 Å². The fourth-order valence-corrected chi connectivity index (χ4v) is 5.33. The molecule has 0 spiro atoms. The molecule has 5 rings (SSSR count). The summed E-state index contributed by atoms with van der Waals surface area (Å²) in [6.45, 7) is 0. The molecule has 1 aromatic rings. The van der Waals surface area contributed by atoms with Crippen molar-refractivity contribution in [3.8, 4) is 0 Å². The first-order valence-electron chi connectivity index (χ1n) is 7.62. The molecule has 5 nitrogen and oxygen atoms in total. The number of nitrogens with zero attached hydrogens (tertiary/aromatic N) is 2. The molecule has 0 aromatic carbocycles. The number of anilines is 1. The van der Waals surface area contributed by atoms with E-state index in [4.69, 9.17) is 11.6 Å². The quantitative estimate of drug-likeness (QED) is 0.520. The molecule has 4 bridgehead atoms. The van der Waals surface area contributed by atoms with Crippen LogP contribution >= 0.6 is 11.6 Å². The molecule has 4 saturated carbocycles. The van der Waals surface area contributed by atoms with E-state index >= 15 is 0 Å². The molecule has 112 valence electrons. The Morgan fingerprint density at radius 2 is 1.76 bits per heavy atom. The first-order chi connectivity index (χ1) is 10.0. The van der Waals surface area contributed by atoms with E-state index in [1.54, 1.807) is 0 Å². The van der Waals surface area contributed by atoms with Crippen molar-refractivity contribution < 1.29 is 4.92 Å². The van der Waals surface area contributed by atoms with Crippen LogP contribution in [0.3, 0.4) is 0 Å². The number of halogens is 1. The molecule has 4 aliphatic rings. The molecule has 0 radical (unpaired) electrons. The van der Waals surface area contributed by atoms with Crippen molar-refractivity contribution in [1.82, 2.24) is 4.98 Å². The molecule has 0 amide bonds. The maximum atomic E-state index is 11.2. The Kier molecular flexibility index (Phi) is 2.89. The number of nitrogens with one attached hydrogen (secondary N) is 1. The van der Waals surface area contributed by atoms with Crippen molar-refractivity contribution >= 4 is 23.1 Å². The zero-order valence-electron chi connectivity index (χ0n) is 11.7. The summed E-state index contributed by atoms with van der Waals surface area (Å²) in [5.41, 5.74) is 0.0205. The summed E-state index contributed by atoms with van der Waals surface area (Å²) in [5.74, 6) is 2.68. The zero-order chi connectivity index (χ0) is 14.6. The Morgan fingerprint density at radius 1 is 1.19 bits per heavy atom. The Balaban J connectivity index is 1.67. The van der Waals surface area contributed by atoms with Gasteiger partial charge in [0.15, 0.2) is 0 Å². The average Bonchev–Trinajstić information content (AvgIpc) is 2.35. The summed E-state index contributed by atoms with van der Waals surface area (Å²) in [4.78, 5) is 15.0. The minimum absolute atomic E-state index is 0.00279. The van der Waals surface area contributed by atoms with E-state index in [0.29, 0.717) is 11.0 Å². The highest BCUT2D eigenvalue weighted by atomic mass is 35.5. The maximum Gasteiger partial charge on any atom is 0.311 e. The van der Waals surface area contributed by atoms with Gasteiger partial charge in [-0.25, -0.2) is 4.98 Å². The highest BCUT2D eigenvalue weighted by Gasteiger charge is 2.51. The number of hydrogen-bond donors (Lipinski definition) is 1. The molecule has 21 heavy (non-hydrogen) atoms. The lowest BCUT2D eigenvalue weighted by Gasteiger charge is -2.57. The fraction of sp³-hybridized carbons (Fsp3) is 0.667. The van der Waals surface area contributed by atoms with E-state index in [1.807, 2.05) is 0 Å². The third-order valence-corrected chi connectivity index (χ3v) is 5.67. The van der Waals surface area contributed by atoms with Crippen LogP contribution < -0.4 is 5.32 Å². The smallest absolute Gasteiger partial charge is 0.311 e. The Labute approximate surface area is 128 Å². The number of hydrogen-bond acceptors (Lipinski definition) is 4. The average molecular weight is 308 g/mol. The minimum Gasteiger partial charge on any atom is -0.359 e. The van der Waals surface area contributed by atoms with Gasteiger partial charge in [-0.05, 0) is 62.3 Å². The molecule has 0 saturated heterocycles. The van der Waals surface area contributed by atoms with Gasteiger partial charge in [0.1, 0.15) is 5.15 Å². The SMILES string of the molecule is O=[N+]([O-])c1ccc(Cl)nc1NC12CC3CC(CC(C3)C1)C2. The standard InChI is InChI=1S/C15H18ClN3O2/c16-13-2-1-12(19(20)21)14(17-13)18-15-6-9-3-10(7-15)5-11(4-9)8-15/h1-2,9-11H,3-8H2,(H,17,18). The van der Waals surface area contributed by atoms with Crippen molar-refractivity contribution in [2.45, 2.75) is 44.1 Å². The molecule has 0 aliphatic heterocycles. The largest absolute Gasteiger partial charge is 0.359 e. The van der Waals surface area contributed by atoms with Crippen LogP contribution in [0, 0.1) is 27.9 Å². The van der Waals surface area contributed by atoms with Crippen LogP contribution in [0.25, 0.3) is 0 Å². The Bertz CT molecular complexity index is 569. The number of aromatic nitrogens is 1. The minimum atomic E-state index is -0.383.